The van der Waals surface area contributed by atoms with Crippen LogP contribution in [0.2, 0.25) is 0 Å². The molecule has 4 nitrogen and oxygen atoms in total. The summed E-state index contributed by atoms with van der Waals surface area (Å²) in [6.07, 6.45) is 4.05. The molecule has 1 rings (SSSR count). The number of aromatic nitrogens is 1. The fraction of sp³-hybridized carbons (Fsp3) is 0.667. The summed E-state index contributed by atoms with van der Waals surface area (Å²) in [5.74, 6) is 1.00. The molecule has 0 fully saturated rings. The molecule has 0 spiro atoms. The summed E-state index contributed by atoms with van der Waals surface area (Å²) in [4.78, 5) is 6.84. The summed E-state index contributed by atoms with van der Waals surface area (Å²) in [6.45, 7) is 8.10. The highest BCUT2D eigenvalue weighted by Crippen LogP contribution is 2.22. The molecule has 0 aliphatic rings. The number of anilines is 1. The van der Waals surface area contributed by atoms with Crippen LogP contribution in [0, 0.1) is 6.92 Å². The van der Waals surface area contributed by atoms with Crippen molar-refractivity contribution < 1.29 is 5.11 Å². The van der Waals surface area contributed by atoms with Crippen LogP contribution < -0.4 is 10.2 Å². The molecule has 1 aromatic rings. The van der Waals surface area contributed by atoms with Gasteiger partial charge >= 0.3 is 0 Å². The summed E-state index contributed by atoms with van der Waals surface area (Å²) < 4.78 is 0. The Morgan fingerprint density at radius 2 is 2.05 bits per heavy atom. The Morgan fingerprint density at radius 3 is 2.53 bits per heavy atom. The molecule has 0 atom stereocenters. The van der Waals surface area contributed by atoms with Gasteiger partial charge in [-0.05, 0) is 44.0 Å². The van der Waals surface area contributed by atoms with E-state index in [2.05, 4.69) is 42.0 Å². The molecule has 0 unspecified atom stereocenters. The number of aliphatic hydroxyl groups excluding tert-OH is 1. The lowest BCUT2D eigenvalue weighted by atomic mass is 10.1. The molecule has 1 aromatic heterocycles. The number of hydrogen-bond acceptors (Lipinski definition) is 4. The van der Waals surface area contributed by atoms with E-state index in [4.69, 9.17) is 0 Å². The quantitative estimate of drug-likeness (QED) is 0.756. The Bertz CT molecular complexity index is 378. The van der Waals surface area contributed by atoms with Crippen LogP contribution in [0.3, 0.4) is 0 Å². The topological polar surface area (TPSA) is 48.4 Å². The van der Waals surface area contributed by atoms with Gasteiger partial charge in [0.1, 0.15) is 5.82 Å². The molecule has 0 aliphatic carbocycles. The summed E-state index contributed by atoms with van der Waals surface area (Å²) in [5.41, 5.74) is 2.37. The summed E-state index contributed by atoms with van der Waals surface area (Å²) in [7, 11) is 1.94. The monoisotopic (exact) mass is 265 g/mol. The van der Waals surface area contributed by atoms with E-state index in [9.17, 15) is 5.11 Å². The highest BCUT2D eigenvalue weighted by Gasteiger charge is 2.18. The lowest BCUT2D eigenvalue weighted by Gasteiger charge is -2.32. The van der Waals surface area contributed by atoms with E-state index in [1.165, 1.54) is 11.1 Å². The first kappa shape index (κ1) is 15.9. The molecule has 2 N–H and O–H groups in total. The summed E-state index contributed by atoms with van der Waals surface area (Å²) in [5, 5.41) is 12.4. The van der Waals surface area contributed by atoms with Crippen molar-refractivity contribution in [1.29, 1.82) is 0 Å². The van der Waals surface area contributed by atoms with Crippen molar-refractivity contribution in [1.82, 2.24) is 10.3 Å². The van der Waals surface area contributed by atoms with Crippen molar-refractivity contribution in [3.05, 3.63) is 23.4 Å². The van der Waals surface area contributed by atoms with Gasteiger partial charge in [-0.2, -0.15) is 0 Å². The minimum atomic E-state index is 0.163. The van der Waals surface area contributed by atoms with Crippen molar-refractivity contribution in [3.8, 4) is 0 Å². The van der Waals surface area contributed by atoms with Crippen LogP contribution in [-0.2, 0) is 6.54 Å². The highest BCUT2D eigenvalue weighted by atomic mass is 16.3. The maximum Gasteiger partial charge on any atom is 0.131 e. The van der Waals surface area contributed by atoms with Crippen LogP contribution in [0.4, 0.5) is 5.82 Å². The van der Waals surface area contributed by atoms with E-state index in [1.807, 2.05) is 13.2 Å². The molecule has 1 heterocycles. The van der Waals surface area contributed by atoms with Gasteiger partial charge in [-0.1, -0.05) is 13.8 Å². The number of aliphatic hydroxyl groups is 1. The van der Waals surface area contributed by atoms with Gasteiger partial charge in [0.25, 0.3) is 0 Å². The molecule has 0 saturated carbocycles. The molecule has 0 aliphatic heterocycles. The number of nitrogens with one attached hydrogen (secondary N) is 1. The van der Waals surface area contributed by atoms with E-state index in [0.29, 0.717) is 12.6 Å². The lowest BCUT2D eigenvalue weighted by Crippen LogP contribution is -2.38. The lowest BCUT2D eigenvalue weighted by molar-refractivity contribution is 0.295. The molecule has 0 radical (unpaired) electrons. The fourth-order valence-electron chi connectivity index (χ4n) is 2.53. The Labute approximate surface area is 116 Å². The number of pyridine rings is 1. The normalized spacial score (nSPS) is 11.1. The maximum absolute atomic E-state index is 9.29. The van der Waals surface area contributed by atoms with Crippen LogP contribution in [-0.4, -0.2) is 36.3 Å². The largest absolute Gasteiger partial charge is 0.395 e. The second-order valence-corrected chi connectivity index (χ2v) is 4.90. The number of nitrogens with zero attached hydrogens (tertiary/aromatic N) is 2. The highest BCUT2D eigenvalue weighted by molar-refractivity contribution is 5.48. The second-order valence-electron chi connectivity index (χ2n) is 4.90. The predicted molar refractivity (Wildman–Crippen MR) is 80.5 cm³/mol. The van der Waals surface area contributed by atoms with Gasteiger partial charge in [0.05, 0.1) is 6.61 Å². The maximum atomic E-state index is 9.29. The van der Waals surface area contributed by atoms with Crippen molar-refractivity contribution in [2.45, 2.75) is 46.2 Å². The zero-order chi connectivity index (χ0) is 14.3. The second kappa shape index (κ2) is 8.12. The molecule has 108 valence electrons. The minimum absolute atomic E-state index is 0.163. The molecule has 4 heteroatoms. The van der Waals surface area contributed by atoms with Crippen LogP contribution in [0.15, 0.2) is 12.3 Å². The molecule has 0 saturated heterocycles. The van der Waals surface area contributed by atoms with E-state index < -0.39 is 0 Å². The minimum Gasteiger partial charge on any atom is -0.395 e. The van der Waals surface area contributed by atoms with E-state index >= 15 is 0 Å². The Hall–Kier alpha value is -1.13. The zero-order valence-electron chi connectivity index (χ0n) is 12.6. The number of rotatable bonds is 8. The molecule has 0 bridgehead atoms. The number of hydrogen-bond donors (Lipinski definition) is 2. The van der Waals surface area contributed by atoms with E-state index in [0.717, 1.165) is 25.2 Å². The smallest absolute Gasteiger partial charge is 0.131 e. The van der Waals surface area contributed by atoms with Gasteiger partial charge < -0.3 is 15.3 Å². The Morgan fingerprint density at radius 1 is 1.37 bits per heavy atom. The first-order valence-electron chi connectivity index (χ1n) is 7.15. The summed E-state index contributed by atoms with van der Waals surface area (Å²) >= 11 is 0. The van der Waals surface area contributed by atoms with Crippen molar-refractivity contribution in [3.63, 3.8) is 0 Å². The Kier molecular flexibility index (Phi) is 6.81. The van der Waals surface area contributed by atoms with Gasteiger partial charge in [0, 0.05) is 25.3 Å². The van der Waals surface area contributed by atoms with Crippen LogP contribution in [0.25, 0.3) is 0 Å². The molecule has 0 aromatic carbocycles. The zero-order valence-corrected chi connectivity index (χ0v) is 12.6. The van der Waals surface area contributed by atoms with E-state index in [1.54, 1.807) is 0 Å². The standard InChI is InChI=1S/C15H27N3O/c1-5-14(6-2)18(7-8-19)15-12(3)9-13(10-16-4)11-17-15/h9,11,14,16,19H,5-8,10H2,1-4H3. The Balaban J connectivity index is 3.01. The molecule has 19 heavy (non-hydrogen) atoms. The first-order chi connectivity index (χ1) is 9.17. The molecule has 0 amide bonds. The molecular formula is C15H27N3O. The third kappa shape index (κ3) is 4.18. The fourth-order valence-corrected chi connectivity index (χ4v) is 2.53. The predicted octanol–water partition coefficient (Wildman–Crippen LogP) is 2.10. The van der Waals surface area contributed by atoms with Crippen LogP contribution in [0.5, 0.6) is 0 Å². The van der Waals surface area contributed by atoms with Crippen molar-refractivity contribution in [2.75, 3.05) is 25.1 Å². The molecular weight excluding hydrogens is 238 g/mol. The van der Waals surface area contributed by atoms with Gasteiger partial charge in [-0.15, -0.1) is 0 Å². The van der Waals surface area contributed by atoms with Crippen molar-refractivity contribution in [2.24, 2.45) is 0 Å². The number of aryl methyl sites for hydroxylation is 1. The van der Waals surface area contributed by atoms with Gasteiger partial charge in [-0.25, -0.2) is 4.98 Å². The first-order valence-corrected chi connectivity index (χ1v) is 7.15. The third-order valence-electron chi connectivity index (χ3n) is 3.48. The average Bonchev–Trinajstić information content (AvgIpc) is 2.40. The SMILES string of the molecule is CCC(CC)N(CCO)c1ncc(CNC)cc1C. The summed E-state index contributed by atoms with van der Waals surface area (Å²) in [6, 6.07) is 2.61. The van der Waals surface area contributed by atoms with Crippen LogP contribution >= 0.6 is 0 Å². The van der Waals surface area contributed by atoms with Gasteiger partial charge in [0.15, 0.2) is 0 Å². The third-order valence-corrected chi connectivity index (χ3v) is 3.48. The van der Waals surface area contributed by atoms with Gasteiger partial charge in [0.2, 0.25) is 0 Å². The van der Waals surface area contributed by atoms with Crippen molar-refractivity contribution >= 4 is 5.82 Å². The van der Waals surface area contributed by atoms with Gasteiger partial charge in [-0.3, -0.25) is 0 Å². The van der Waals surface area contributed by atoms with Crippen LogP contribution in [0.1, 0.15) is 37.8 Å². The van der Waals surface area contributed by atoms with E-state index in [-0.39, 0.29) is 6.61 Å². The average molecular weight is 265 g/mol.